The summed E-state index contributed by atoms with van der Waals surface area (Å²) in [4.78, 5) is 11.2. The molecule has 1 atom stereocenters. The molecular formula is C11H15NO4. The first-order valence-electron chi connectivity index (χ1n) is 4.97. The number of carbonyl (C=O) groups is 1. The van der Waals surface area contributed by atoms with Crippen LogP contribution < -0.4 is 5.73 Å². The van der Waals surface area contributed by atoms with Gasteiger partial charge in [-0.15, -0.1) is 0 Å². The van der Waals surface area contributed by atoms with Gasteiger partial charge in [0.1, 0.15) is 17.5 Å². The lowest BCUT2D eigenvalue weighted by molar-refractivity contribution is -0.144. The van der Waals surface area contributed by atoms with Crippen LogP contribution in [0.2, 0.25) is 0 Å². The van der Waals surface area contributed by atoms with Crippen LogP contribution in [0.15, 0.2) is 18.2 Å². The molecule has 0 spiro atoms. The second kappa shape index (κ2) is 5.37. The molecule has 16 heavy (non-hydrogen) atoms. The van der Waals surface area contributed by atoms with Gasteiger partial charge in [0.25, 0.3) is 0 Å². The first-order chi connectivity index (χ1) is 7.54. The van der Waals surface area contributed by atoms with Gasteiger partial charge in [-0.2, -0.15) is 0 Å². The van der Waals surface area contributed by atoms with Crippen LogP contribution in [-0.4, -0.2) is 28.8 Å². The highest BCUT2D eigenvalue weighted by atomic mass is 16.5. The lowest BCUT2D eigenvalue weighted by Gasteiger charge is -2.11. The minimum absolute atomic E-state index is 0.0362. The summed E-state index contributed by atoms with van der Waals surface area (Å²) < 4.78 is 4.74. The average Bonchev–Trinajstić information content (AvgIpc) is 2.22. The Balaban J connectivity index is 2.69. The molecule has 1 aromatic carbocycles. The van der Waals surface area contributed by atoms with Crippen molar-refractivity contribution in [3.8, 4) is 11.5 Å². The molecule has 0 amide bonds. The van der Waals surface area contributed by atoms with E-state index in [4.69, 9.17) is 15.6 Å². The summed E-state index contributed by atoms with van der Waals surface area (Å²) in [5, 5.41) is 18.6. The van der Waals surface area contributed by atoms with E-state index < -0.39 is 12.0 Å². The first kappa shape index (κ1) is 12.3. The molecular weight excluding hydrogens is 210 g/mol. The van der Waals surface area contributed by atoms with Gasteiger partial charge >= 0.3 is 5.97 Å². The summed E-state index contributed by atoms with van der Waals surface area (Å²) in [5.74, 6) is -0.624. The first-order valence-corrected chi connectivity index (χ1v) is 4.97. The summed E-state index contributed by atoms with van der Waals surface area (Å²) in [6.07, 6.45) is 0.172. The number of ether oxygens (including phenoxy) is 1. The van der Waals surface area contributed by atoms with Crippen molar-refractivity contribution in [2.75, 3.05) is 6.61 Å². The number of esters is 1. The maximum absolute atomic E-state index is 11.2. The predicted molar refractivity (Wildman–Crippen MR) is 58.1 cm³/mol. The molecule has 0 aliphatic rings. The highest BCUT2D eigenvalue weighted by Gasteiger charge is 2.16. The Labute approximate surface area is 93.5 Å². The third-order valence-corrected chi connectivity index (χ3v) is 2.10. The zero-order valence-electron chi connectivity index (χ0n) is 9.01. The average molecular weight is 225 g/mol. The van der Waals surface area contributed by atoms with Gasteiger partial charge in [0.2, 0.25) is 0 Å². The van der Waals surface area contributed by atoms with Crippen molar-refractivity contribution < 1.29 is 19.7 Å². The van der Waals surface area contributed by atoms with Crippen LogP contribution in [0, 0.1) is 0 Å². The van der Waals surface area contributed by atoms with E-state index in [0.717, 1.165) is 0 Å². The van der Waals surface area contributed by atoms with Gasteiger partial charge in [-0.05, 0) is 18.6 Å². The SMILES string of the molecule is CCOC(=O)C(N)Cc1ccc(O)cc1O. The summed E-state index contributed by atoms with van der Waals surface area (Å²) >= 11 is 0. The fraction of sp³-hybridized carbons (Fsp3) is 0.364. The van der Waals surface area contributed by atoms with Gasteiger partial charge in [0.15, 0.2) is 0 Å². The van der Waals surface area contributed by atoms with Crippen molar-refractivity contribution in [2.45, 2.75) is 19.4 Å². The van der Waals surface area contributed by atoms with Crippen LogP contribution in [0.5, 0.6) is 11.5 Å². The second-order valence-electron chi connectivity index (χ2n) is 3.38. The quantitative estimate of drug-likeness (QED) is 0.650. The minimum Gasteiger partial charge on any atom is -0.508 e. The van der Waals surface area contributed by atoms with E-state index in [1.165, 1.54) is 18.2 Å². The van der Waals surface area contributed by atoms with Crippen molar-refractivity contribution in [3.63, 3.8) is 0 Å². The van der Waals surface area contributed by atoms with Crippen LogP contribution in [0.3, 0.4) is 0 Å². The van der Waals surface area contributed by atoms with Gasteiger partial charge in [-0.25, -0.2) is 0 Å². The van der Waals surface area contributed by atoms with Crippen LogP contribution in [0.1, 0.15) is 12.5 Å². The number of nitrogens with two attached hydrogens (primary N) is 1. The van der Waals surface area contributed by atoms with Crippen molar-refractivity contribution >= 4 is 5.97 Å². The van der Waals surface area contributed by atoms with E-state index in [9.17, 15) is 9.90 Å². The van der Waals surface area contributed by atoms with Crippen molar-refractivity contribution in [1.82, 2.24) is 0 Å². The number of phenolic OH excluding ortho intramolecular Hbond substituents is 2. The molecule has 0 aliphatic carbocycles. The van der Waals surface area contributed by atoms with Crippen molar-refractivity contribution in [3.05, 3.63) is 23.8 Å². The van der Waals surface area contributed by atoms with Gasteiger partial charge in [0, 0.05) is 12.5 Å². The van der Waals surface area contributed by atoms with Crippen LogP contribution in [0.25, 0.3) is 0 Å². The highest BCUT2D eigenvalue weighted by molar-refractivity contribution is 5.76. The molecule has 0 radical (unpaired) electrons. The van der Waals surface area contributed by atoms with E-state index in [1.54, 1.807) is 6.92 Å². The second-order valence-corrected chi connectivity index (χ2v) is 3.38. The van der Waals surface area contributed by atoms with E-state index in [0.29, 0.717) is 5.56 Å². The standard InChI is InChI=1S/C11H15NO4/c1-2-16-11(15)9(12)5-7-3-4-8(13)6-10(7)14/h3-4,6,9,13-14H,2,5,12H2,1H3. The Hall–Kier alpha value is -1.75. The van der Waals surface area contributed by atoms with Crippen LogP contribution in [0.4, 0.5) is 0 Å². The Bertz CT molecular complexity index is 378. The molecule has 5 heteroatoms. The number of hydrogen-bond donors (Lipinski definition) is 3. The van der Waals surface area contributed by atoms with E-state index in [2.05, 4.69) is 0 Å². The molecule has 88 valence electrons. The minimum atomic E-state index is -0.810. The monoisotopic (exact) mass is 225 g/mol. The van der Waals surface area contributed by atoms with Crippen molar-refractivity contribution in [2.24, 2.45) is 5.73 Å². The van der Waals surface area contributed by atoms with Crippen LogP contribution in [-0.2, 0) is 16.0 Å². The van der Waals surface area contributed by atoms with Gasteiger partial charge in [0.05, 0.1) is 6.61 Å². The molecule has 0 aromatic heterocycles. The van der Waals surface area contributed by atoms with Gasteiger partial charge < -0.3 is 20.7 Å². The molecule has 0 heterocycles. The summed E-state index contributed by atoms with van der Waals surface area (Å²) in [6, 6.07) is 3.33. The van der Waals surface area contributed by atoms with E-state index in [1.807, 2.05) is 0 Å². The molecule has 1 unspecified atom stereocenters. The maximum atomic E-state index is 11.2. The molecule has 0 saturated heterocycles. The van der Waals surface area contributed by atoms with Crippen molar-refractivity contribution in [1.29, 1.82) is 0 Å². The number of phenols is 2. The van der Waals surface area contributed by atoms with Gasteiger partial charge in [-0.1, -0.05) is 6.07 Å². The molecule has 1 aromatic rings. The Morgan fingerprint density at radius 2 is 2.19 bits per heavy atom. The largest absolute Gasteiger partial charge is 0.508 e. The smallest absolute Gasteiger partial charge is 0.323 e. The van der Waals surface area contributed by atoms with E-state index in [-0.39, 0.29) is 24.5 Å². The highest BCUT2D eigenvalue weighted by Crippen LogP contribution is 2.23. The normalized spacial score (nSPS) is 12.1. The topological polar surface area (TPSA) is 92.8 Å². The Morgan fingerprint density at radius 1 is 1.50 bits per heavy atom. The Kier molecular flexibility index (Phi) is 4.13. The predicted octanol–water partition coefficient (Wildman–Crippen LogP) is 0.531. The number of hydrogen-bond acceptors (Lipinski definition) is 5. The Morgan fingerprint density at radius 3 is 2.75 bits per heavy atom. The summed E-state index contributed by atoms with van der Waals surface area (Å²) in [5.41, 5.74) is 6.09. The molecule has 0 aliphatic heterocycles. The molecule has 1 rings (SSSR count). The van der Waals surface area contributed by atoms with Gasteiger partial charge in [-0.3, -0.25) is 4.79 Å². The number of rotatable bonds is 4. The number of carbonyl (C=O) groups excluding carboxylic acids is 1. The lowest BCUT2D eigenvalue weighted by Crippen LogP contribution is -2.34. The number of aromatic hydroxyl groups is 2. The zero-order valence-corrected chi connectivity index (χ0v) is 9.01. The summed E-state index contributed by atoms with van der Waals surface area (Å²) in [7, 11) is 0. The molecule has 5 nitrogen and oxygen atoms in total. The van der Waals surface area contributed by atoms with Crippen LogP contribution >= 0.6 is 0 Å². The fourth-order valence-corrected chi connectivity index (χ4v) is 1.29. The molecule has 4 N–H and O–H groups in total. The number of benzene rings is 1. The third kappa shape index (κ3) is 3.13. The maximum Gasteiger partial charge on any atom is 0.323 e. The molecule has 0 fully saturated rings. The van der Waals surface area contributed by atoms with E-state index >= 15 is 0 Å². The fourth-order valence-electron chi connectivity index (χ4n) is 1.29. The third-order valence-electron chi connectivity index (χ3n) is 2.10. The molecule has 0 bridgehead atoms. The summed E-state index contributed by atoms with van der Waals surface area (Å²) in [6.45, 7) is 1.97. The lowest BCUT2D eigenvalue weighted by atomic mass is 10.1. The molecule has 0 saturated carbocycles. The zero-order chi connectivity index (χ0) is 12.1.